The first-order valence-electron chi connectivity index (χ1n) is 5.89. The van der Waals surface area contributed by atoms with Crippen LogP contribution in [0.5, 0.6) is 0 Å². The zero-order valence-electron chi connectivity index (χ0n) is 10.9. The van der Waals surface area contributed by atoms with Crippen LogP contribution in [-0.2, 0) is 6.54 Å². The second-order valence-corrected chi connectivity index (χ2v) is 4.67. The summed E-state index contributed by atoms with van der Waals surface area (Å²) in [6, 6.07) is 5.46. The van der Waals surface area contributed by atoms with Crippen LogP contribution >= 0.6 is 11.6 Å². The summed E-state index contributed by atoms with van der Waals surface area (Å²) in [5, 5.41) is 22.7. The van der Waals surface area contributed by atoms with Crippen molar-refractivity contribution in [3.05, 3.63) is 56.5 Å². The lowest BCUT2D eigenvalue weighted by Crippen LogP contribution is -1.99. The molecule has 21 heavy (non-hydrogen) atoms. The molecule has 0 aliphatic heterocycles. The van der Waals surface area contributed by atoms with Crippen LogP contribution in [0.2, 0.25) is 5.02 Å². The van der Waals surface area contributed by atoms with Crippen LogP contribution in [0.15, 0.2) is 28.7 Å². The number of hydrogen-bond donors (Lipinski definition) is 2. The fourth-order valence-electron chi connectivity index (χ4n) is 1.79. The Morgan fingerprint density at radius 2 is 2.19 bits per heavy atom. The molecule has 2 rings (SSSR count). The van der Waals surface area contributed by atoms with Gasteiger partial charge in [0, 0.05) is 12.1 Å². The third-order valence-corrected chi connectivity index (χ3v) is 3.13. The Labute approximate surface area is 124 Å². The summed E-state index contributed by atoms with van der Waals surface area (Å²) in [6.45, 7) is 1.78. The molecule has 2 N–H and O–H groups in total. The summed E-state index contributed by atoms with van der Waals surface area (Å²) in [5.74, 6) is -0.315. The van der Waals surface area contributed by atoms with Gasteiger partial charge in [0.1, 0.15) is 17.1 Å². The molecule has 1 heterocycles. The first kappa shape index (κ1) is 14.9. The number of non-ortho nitro benzene ring substituents is 1. The van der Waals surface area contributed by atoms with Crippen molar-refractivity contribution >= 4 is 28.9 Å². The maximum atomic E-state index is 10.9. The molecule has 0 saturated carbocycles. The molecule has 8 heteroatoms. The van der Waals surface area contributed by atoms with Crippen molar-refractivity contribution in [3.8, 4) is 0 Å². The van der Waals surface area contributed by atoms with Crippen LogP contribution in [0, 0.1) is 17.0 Å². The average molecular weight is 311 g/mol. The second kappa shape index (κ2) is 5.84. The van der Waals surface area contributed by atoms with E-state index >= 15 is 0 Å². The lowest BCUT2D eigenvalue weighted by atomic mass is 10.2. The zero-order chi connectivity index (χ0) is 15.6. The highest BCUT2D eigenvalue weighted by Gasteiger charge is 2.14. The Morgan fingerprint density at radius 1 is 1.48 bits per heavy atom. The minimum atomic E-state index is -1.06. The first-order chi connectivity index (χ1) is 9.88. The quantitative estimate of drug-likeness (QED) is 0.647. The summed E-state index contributed by atoms with van der Waals surface area (Å²) >= 11 is 5.93. The summed E-state index contributed by atoms with van der Waals surface area (Å²) in [7, 11) is 0. The largest absolute Gasteiger partial charge is 0.478 e. The Morgan fingerprint density at radius 3 is 2.71 bits per heavy atom. The van der Waals surface area contributed by atoms with E-state index in [2.05, 4.69) is 5.32 Å². The molecule has 0 spiro atoms. The molecule has 2 aromatic rings. The third kappa shape index (κ3) is 3.32. The SMILES string of the molecule is Cc1oc(CNc2ccc([N+](=O)[O-])cc2Cl)cc1C(=O)O. The lowest BCUT2D eigenvalue weighted by molar-refractivity contribution is -0.384. The number of nitro benzene ring substituents is 1. The van der Waals surface area contributed by atoms with Crippen LogP contribution in [-0.4, -0.2) is 16.0 Å². The molecule has 1 aromatic heterocycles. The molecule has 0 amide bonds. The third-order valence-electron chi connectivity index (χ3n) is 2.82. The summed E-state index contributed by atoms with van der Waals surface area (Å²) in [6.07, 6.45) is 0. The Balaban J connectivity index is 2.11. The number of nitrogens with one attached hydrogen (secondary N) is 1. The zero-order valence-corrected chi connectivity index (χ0v) is 11.7. The van der Waals surface area contributed by atoms with Gasteiger partial charge in [0.15, 0.2) is 0 Å². The van der Waals surface area contributed by atoms with E-state index in [1.54, 1.807) is 6.92 Å². The number of carboxylic acid groups (broad SMARTS) is 1. The van der Waals surface area contributed by atoms with E-state index in [1.165, 1.54) is 24.3 Å². The van der Waals surface area contributed by atoms with Crippen molar-refractivity contribution in [2.75, 3.05) is 5.32 Å². The highest BCUT2D eigenvalue weighted by Crippen LogP contribution is 2.27. The number of benzene rings is 1. The first-order valence-corrected chi connectivity index (χ1v) is 6.26. The minimum Gasteiger partial charge on any atom is -0.478 e. The summed E-state index contributed by atoms with van der Waals surface area (Å²) in [4.78, 5) is 21.0. The number of aryl methyl sites for hydroxylation is 1. The van der Waals surface area contributed by atoms with Crippen molar-refractivity contribution in [2.24, 2.45) is 0 Å². The summed E-state index contributed by atoms with van der Waals surface area (Å²) < 4.78 is 5.30. The van der Waals surface area contributed by atoms with Gasteiger partial charge in [0.25, 0.3) is 5.69 Å². The van der Waals surface area contributed by atoms with E-state index in [0.29, 0.717) is 17.2 Å². The number of nitro groups is 1. The fraction of sp³-hybridized carbons (Fsp3) is 0.154. The van der Waals surface area contributed by atoms with E-state index in [0.717, 1.165) is 0 Å². The number of nitrogens with zero attached hydrogens (tertiary/aromatic N) is 1. The lowest BCUT2D eigenvalue weighted by Gasteiger charge is -2.06. The number of furan rings is 1. The number of carbonyl (C=O) groups is 1. The number of anilines is 1. The maximum Gasteiger partial charge on any atom is 0.339 e. The van der Waals surface area contributed by atoms with E-state index < -0.39 is 10.9 Å². The average Bonchev–Trinajstić information content (AvgIpc) is 2.78. The molecule has 0 atom stereocenters. The maximum absolute atomic E-state index is 10.9. The number of hydrogen-bond acceptors (Lipinski definition) is 5. The monoisotopic (exact) mass is 310 g/mol. The highest BCUT2D eigenvalue weighted by molar-refractivity contribution is 6.33. The van der Waals surface area contributed by atoms with Crippen LogP contribution < -0.4 is 5.32 Å². The van der Waals surface area contributed by atoms with Gasteiger partial charge in [-0.2, -0.15) is 0 Å². The van der Waals surface area contributed by atoms with Gasteiger partial charge >= 0.3 is 5.97 Å². The van der Waals surface area contributed by atoms with Gasteiger partial charge in [-0.15, -0.1) is 0 Å². The predicted molar refractivity (Wildman–Crippen MR) is 75.8 cm³/mol. The molecule has 0 saturated heterocycles. The van der Waals surface area contributed by atoms with E-state index in [-0.39, 0.29) is 22.8 Å². The van der Waals surface area contributed by atoms with E-state index in [1.807, 2.05) is 0 Å². The molecule has 0 radical (unpaired) electrons. The molecule has 7 nitrogen and oxygen atoms in total. The predicted octanol–water partition coefficient (Wildman–Crippen LogP) is 3.46. The summed E-state index contributed by atoms with van der Waals surface area (Å²) in [5.41, 5.74) is 0.488. The van der Waals surface area contributed by atoms with Gasteiger partial charge in [-0.3, -0.25) is 10.1 Å². The minimum absolute atomic E-state index is 0.0987. The van der Waals surface area contributed by atoms with Gasteiger partial charge in [-0.1, -0.05) is 11.6 Å². The van der Waals surface area contributed by atoms with Crippen molar-refractivity contribution < 1.29 is 19.2 Å². The van der Waals surface area contributed by atoms with Gasteiger partial charge in [-0.25, -0.2) is 4.79 Å². The Bertz CT molecular complexity index is 711. The molecule has 0 unspecified atom stereocenters. The fourth-order valence-corrected chi connectivity index (χ4v) is 2.03. The molecule has 1 aromatic carbocycles. The van der Waals surface area contributed by atoms with Crippen LogP contribution in [0.1, 0.15) is 21.9 Å². The van der Waals surface area contributed by atoms with Crippen LogP contribution in [0.25, 0.3) is 0 Å². The molecular formula is C13H11ClN2O5. The van der Waals surface area contributed by atoms with E-state index in [9.17, 15) is 14.9 Å². The molecule has 110 valence electrons. The number of halogens is 1. The van der Waals surface area contributed by atoms with Crippen molar-refractivity contribution in [1.82, 2.24) is 0 Å². The van der Waals surface area contributed by atoms with Crippen LogP contribution in [0.4, 0.5) is 11.4 Å². The standard InChI is InChI=1S/C13H11ClN2O5/c1-7-10(13(17)18)5-9(21-7)6-15-12-3-2-8(16(19)20)4-11(12)14/h2-5,15H,6H2,1H3,(H,17,18). The molecule has 0 bridgehead atoms. The van der Waals surface area contributed by atoms with Gasteiger partial charge in [-0.05, 0) is 19.1 Å². The molecule has 0 aliphatic rings. The number of aromatic carboxylic acids is 1. The van der Waals surface area contributed by atoms with Gasteiger partial charge in [0.05, 0.1) is 22.2 Å². The molecule has 0 fully saturated rings. The van der Waals surface area contributed by atoms with Crippen LogP contribution in [0.3, 0.4) is 0 Å². The highest BCUT2D eigenvalue weighted by atomic mass is 35.5. The molecule has 0 aliphatic carbocycles. The normalized spacial score (nSPS) is 10.4. The van der Waals surface area contributed by atoms with Crippen molar-refractivity contribution in [1.29, 1.82) is 0 Å². The smallest absolute Gasteiger partial charge is 0.339 e. The Hall–Kier alpha value is -2.54. The number of carboxylic acids is 1. The van der Waals surface area contributed by atoms with Gasteiger partial charge in [0.2, 0.25) is 0 Å². The second-order valence-electron chi connectivity index (χ2n) is 4.26. The van der Waals surface area contributed by atoms with Crippen molar-refractivity contribution in [3.63, 3.8) is 0 Å². The molecular weight excluding hydrogens is 300 g/mol. The number of rotatable bonds is 5. The van der Waals surface area contributed by atoms with Gasteiger partial charge < -0.3 is 14.8 Å². The Kier molecular flexibility index (Phi) is 4.13. The van der Waals surface area contributed by atoms with Crippen molar-refractivity contribution in [2.45, 2.75) is 13.5 Å². The van der Waals surface area contributed by atoms with E-state index in [4.69, 9.17) is 21.1 Å². The topological polar surface area (TPSA) is 106 Å².